The van der Waals surface area contributed by atoms with Gasteiger partial charge in [-0.15, -0.1) is 0 Å². The standard InChI is InChI=1S/C19H24N4O/c1-13-12-14(2)21-19(20-13)23-17-10-8-15(9-11-17)18(24)22-16-6-4-3-5-7-16/h8-12,16H,3-7H2,1-2H3,(H,22,24)(H,20,21,23). The summed E-state index contributed by atoms with van der Waals surface area (Å²) in [4.78, 5) is 21.0. The maximum absolute atomic E-state index is 12.3. The molecule has 1 fully saturated rings. The summed E-state index contributed by atoms with van der Waals surface area (Å²) in [6, 6.07) is 9.71. The van der Waals surface area contributed by atoms with Gasteiger partial charge in [-0.1, -0.05) is 19.3 Å². The maximum Gasteiger partial charge on any atom is 0.251 e. The molecule has 1 aromatic carbocycles. The number of aromatic nitrogens is 2. The summed E-state index contributed by atoms with van der Waals surface area (Å²) >= 11 is 0. The number of nitrogens with zero attached hydrogens (tertiary/aromatic N) is 2. The van der Waals surface area contributed by atoms with Gasteiger partial charge in [-0.2, -0.15) is 0 Å². The van der Waals surface area contributed by atoms with Crippen molar-refractivity contribution in [2.24, 2.45) is 0 Å². The molecular weight excluding hydrogens is 300 g/mol. The van der Waals surface area contributed by atoms with Crippen LogP contribution in [0, 0.1) is 13.8 Å². The van der Waals surface area contributed by atoms with Crippen molar-refractivity contribution in [3.63, 3.8) is 0 Å². The number of amides is 1. The number of carbonyl (C=O) groups excluding carboxylic acids is 1. The fourth-order valence-electron chi connectivity index (χ4n) is 3.13. The molecule has 1 heterocycles. The molecule has 0 bridgehead atoms. The Balaban J connectivity index is 1.63. The molecule has 1 aliphatic rings. The molecule has 5 nitrogen and oxygen atoms in total. The first-order valence-corrected chi connectivity index (χ1v) is 8.60. The van der Waals surface area contributed by atoms with Gasteiger partial charge in [0.25, 0.3) is 5.91 Å². The molecule has 0 aliphatic heterocycles. The third-order valence-corrected chi connectivity index (χ3v) is 4.33. The van der Waals surface area contributed by atoms with Crippen molar-refractivity contribution in [1.29, 1.82) is 0 Å². The number of anilines is 2. The molecule has 3 rings (SSSR count). The van der Waals surface area contributed by atoms with E-state index in [1.54, 1.807) is 0 Å². The molecule has 2 N–H and O–H groups in total. The highest BCUT2D eigenvalue weighted by Crippen LogP contribution is 2.19. The molecule has 1 aromatic heterocycles. The normalized spacial score (nSPS) is 15.1. The van der Waals surface area contributed by atoms with Gasteiger partial charge in [0, 0.05) is 28.7 Å². The lowest BCUT2D eigenvalue weighted by atomic mass is 9.95. The molecular formula is C19H24N4O. The SMILES string of the molecule is Cc1cc(C)nc(Nc2ccc(C(=O)NC3CCCCC3)cc2)n1. The lowest BCUT2D eigenvalue weighted by Gasteiger charge is -2.22. The van der Waals surface area contributed by atoms with Crippen LogP contribution in [0.5, 0.6) is 0 Å². The summed E-state index contributed by atoms with van der Waals surface area (Å²) in [5.74, 6) is 0.586. The number of aryl methyl sites for hydroxylation is 2. The van der Waals surface area contributed by atoms with Gasteiger partial charge in [0.2, 0.25) is 5.95 Å². The van der Waals surface area contributed by atoms with Crippen LogP contribution in [0.25, 0.3) is 0 Å². The minimum absolute atomic E-state index is 0.0103. The van der Waals surface area contributed by atoms with E-state index in [0.29, 0.717) is 17.6 Å². The number of benzene rings is 1. The van der Waals surface area contributed by atoms with Gasteiger partial charge in [0.15, 0.2) is 0 Å². The van der Waals surface area contributed by atoms with Crippen molar-refractivity contribution < 1.29 is 4.79 Å². The Morgan fingerprint density at radius 1 is 1.00 bits per heavy atom. The van der Waals surface area contributed by atoms with Gasteiger partial charge < -0.3 is 10.6 Å². The van der Waals surface area contributed by atoms with Gasteiger partial charge >= 0.3 is 0 Å². The Hall–Kier alpha value is -2.43. The first kappa shape index (κ1) is 16.4. The molecule has 2 aromatic rings. The third-order valence-electron chi connectivity index (χ3n) is 4.33. The lowest BCUT2D eigenvalue weighted by molar-refractivity contribution is 0.0928. The number of hydrogen-bond acceptors (Lipinski definition) is 4. The molecule has 0 radical (unpaired) electrons. The number of carbonyl (C=O) groups is 1. The molecule has 0 saturated heterocycles. The first-order chi connectivity index (χ1) is 11.6. The third kappa shape index (κ3) is 4.31. The zero-order valence-corrected chi connectivity index (χ0v) is 14.3. The molecule has 0 unspecified atom stereocenters. The van der Waals surface area contributed by atoms with Gasteiger partial charge in [0.05, 0.1) is 0 Å². The van der Waals surface area contributed by atoms with E-state index in [-0.39, 0.29) is 5.91 Å². The first-order valence-electron chi connectivity index (χ1n) is 8.60. The van der Waals surface area contributed by atoms with Crippen molar-refractivity contribution in [3.8, 4) is 0 Å². The summed E-state index contributed by atoms with van der Waals surface area (Å²) in [5, 5.41) is 6.31. The van der Waals surface area contributed by atoms with E-state index >= 15 is 0 Å². The van der Waals surface area contributed by atoms with Crippen LogP contribution in [-0.4, -0.2) is 21.9 Å². The largest absolute Gasteiger partial charge is 0.349 e. The second-order valence-corrected chi connectivity index (χ2v) is 6.49. The van der Waals surface area contributed by atoms with E-state index in [4.69, 9.17) is 0 Å². The average Bonchev–Trinajstić information content (AvgIpc) is 2.55. The van der Waals surface area contributed by atoms with Gasteiger partial charge in [-0.05, 0) is 57.0 Å². The van der Waals surface area contributed by atoms with Crippen LogP contribution in [0.15, 0.2) is 30.3 Å². The van der Waals surface area contributed by atoms with Crippen LogP contribution in [0.2, 0.25) is 0 Å². The Bertz CT molecular complexity index is 686. The highest BCUT2D eigenvalue weighted by Gasteiger charge is 2.16. The summed E-state index contributed by atoms with van der Waals surface area (Å²) in [6.45, 7) is 3.89. The Labute approximate surface area is 142 Å². The number of nitrogens with one attached hydrogen (secondary N) is 2. The van der Waals surface area contributed by atoms with E-state index in [1.165, 1.54) is 19.3 Å². The van der Waals surface area contributed by atoms with E-state index < -0.39 is 0 Å². The minimum Gasteiger partial charge on any atom is -0.349 e. The van der Waals surface area contributed by atoms with Crippen LogP contribution in [0.4, 0.5) is 11.6 Å². The minimum atomic E-state index is 0.0103. The number of rotatable bonds is 4. The molecule has 5 heteroatoms. The lowest BCUT2D eigenvalue weighted by Crippen LogP contribution is -2.36. The molecule has 24 heavy (non-hydrogen) atoms. The van der Waals surface area contributed by atoms with Crippen LogP contribution in [-0.2, 0) is 0 Å². The molecule has 1 saturated carbocycles. The summed E-state index contributed by atoms with van der Waals surface area (Å²) in [7, 11) is 0. The Kier molecular flexibility index (Phi) is 5.08. The quantitative estimate of drug-likeness (QED) is 0.895. The summed E-state index contributed by atoms with van der Waals surface area (Å²) in [6.07, 6.45) is 5.89. The average molecular weight is 324 g/mol. The maximum atomic E-state index is 12.3. The van der Waals surface area contributed by atoms with Crippen molar-refractivity contribution in [2.45, 2.75) is 52.0 Å². The van der Waals surface area contributed by atoms with Gasteiger partial charge in [-0.3, -0.25) is 4.79 Å². The molecule has 1 amide bonds. The van der Waals surface area contributed by atoms with Gasteiger partial charge in [0.1, 0.15) is 0 Å². The fourth-order valence-corrected chi connectivity index (χ4v) is 3.13. The van der Waals surface area contributed by atoms with Crippen molar-refractivity contribution in [3.05, 3.63) is 47.3 Å². The van der Waals surface area contributed by atoms with Gasteiger partial charge in [-0.25, -0.2) is 9.97 Å². The predicted octanol–water partition coefficient (Wildman–Crippen LogP) is 3.90. The monoisotopic (exact) mass is 324 g/mol. The highest BCUT2D eigenvalue weighted by molar-refractivity contribution is 5.94. The van der Waals surface area contributed by atoms with E-state index in [0.717, 1.165) is 29.9 Å². The molecule has 126 valence electrons. The van der Waals surface area contributed by atoms with E-state index in [9.17, 15) is 4.79 Å². The van der Waals surface area contributed by atoms with Crippen molar-refractivity contribution in [1.82, 2.24) is 15.3 Å². The van der Waals surface area contributed by atoms with Crippen molar-refractivity contribution in [2.75, 3.05) is 5.32 Å². The number of hydrogen-bond donors (Lipinski definition) is 2. The zero-order valence-electron chi connectivity index (χ0n) is 14.3. The predicted molar refractivity (Wildman–Crippen MR) is 95.6 cm³/mol. The second kappa shape index (κ2) is 7.43. The molecule has 1 aliphatic carbocycles. The van der Waals surface area contributed by atoms with Crippen molar-refractivity contribution >= 4 is 17.5 Å². The van der Waals surface area contributed by atoms with Crippen LogP contribution < -0.4 is 10.6 Å². The zero-order chi connectivity index (χ0) is 16.9. The molecule has 0 atom stereocenters. The smallest absolute Gasteiger partial charge is 0.251 e. The molecule has 0 spiro atoms. The fraction of sp³-hybridized carbons (Fsp3) is 0.421. The summed E-state index contributed by atoms with van der Waals surface area (Å²) < 4.78 is 0. The Morgan fingerprint density at radius 2 is 1.62 bits per heavy atom. The van der Waals surface area contributed by atoms with E-state index in [2.05, 4.69) is 20.6 Å². The van der Waals surface area contributed by atoms with Crippen LogP contribution >= 0.6 is 0 Å². The van der Waals surface area contributed by atoms with Crippen LogP contribution in [0.1, 0.15) is 53.8 Å². The van der Waals surface area contributed by atoms with Crippen LogP contribution in [0.3, 0.4) is 0 Å². The topological polar surface area (TPSA) is 66.9 Å². The second-order valence-electron chi connectivity index (χ2n) is 6.49. The summed E-state index contributed by atoms with van der Waals surface area (Å²) in [5.41, 5.74) is 3.41. The highest BCUT2D eigenvalue weighted by atomic mass is 16.1. The Morgan fingerprint density at radius 3 is 2.25 bits per heavy atom. The van der Waals surface area contributed by atoms with E-state index in [1.807, 2.05) is 44.2 Å².